The second kappa shape index (κ2) is 5.57. The predicted octanol–water partition coefficient (Wildman–Crippen LogP) is 4.82. The number of ether oxygens (including phenoxy) is 1. The summed E-state index contributed by atoms with van der Waals surface area (Å²) in [4.78, 5) is 0. The van der Waals surface area contributed by atoms with Crippen molar-refractivity contribution < 1.29 is 13.5 Å². The van der Waals surface area contributed by atoms with Gasteiger partial charge in [-0.25, -0.2) is 0 Å². The molecule has 0 N–H and O–H groups in total. The molecule has 0 amide bonds. The number of alkyl halides is 2. The van der Waals surface area contributed by atoms with E-state index < -0.39 is 12.5 Å². The number of hydrogen-bond acceptors (Lipinski definition) is 1. The molecule has 0 fully saturated rings. The zero-order chi connectivity index (χ0) is 13.9. The Bertz CT molecular complexity index is 555. The molecular formula is C15H13ClF2O. The van der Waals surface area contributed by atoms with Gasteiger partial charge in [0.1, 0.15) is 5.75 Å². The quantitative estimate of drug-likeness (QED) is 0.781. The van der Waals surface area contributed by atoms with Crippen molar-refractivity contribution in [3.8, 4) is 5.75 Å². The molecule has 2 aromatic rings. The molecule has 0 saturated carbocycles. The van der Waals surface area contributed by atoms with E-state index in [1.165, 1.54) is 18.2 Å². The lowest BCUT2D eigenvalue weighted by Gasteiger charge is -2.18. The molecule has 0 bridgehead atoms. The van der Waals surface area contributed by atoms with Crippen molar-refractivity contribution in [2.75, 3.05) is 6.61 Å². The number of hydrogen-bond donors (Lipinski definition) is 0. The van der Waals surface area contributed by atoms with Crippen LogP contribution in [0.4, 0.5) is 8.78 Å². The fourth-order valence-electron chi connectivity index (χ4n) is 1.66. The lowest BCUT2D eigenvalue weighted by molar-refractivity contribution is -0.0468. The van der Waals surface area contributed by atoms with Gasteiger partial charge in [0, 0.05) is 10.6 Å². The van der Waals surface area contributed by atoms with E-state index in [9.17, 15) is 8.78 Å². The Kier molecular flexibility index (Phi) is 4.05. The minimum absolute atomic E-state index is 0.0605. The average Bonchev–Trinajstić information content (AvgIpc) is 2.41. The van der Waals surface area contributed by atoms with E-state index in [-0.39, 0.29) is 5.56 Å². The summed E-state index contributed by atoms with van der Waals surface area (Å²) < 4.78 is 33.0. The molecule has 19 heavy (non-hydrogen) atoms. The molecule has 0 aromatic heterocycles. The van der Waals surface area contributed by atoms with Crippen LogP contribution >= 0.6 is 11.6 Å². The summed E-state index contributed by atoms with van der Waals surface area (Å²) in [6.45, 7) is 1.07. The molecular weight excluding hydrogens is 270 g/mol. The van der Waals surface area contributed by atoms with Crippen LogP contribution in [0.15, 0.2) is 48.5 Å². The Labute approximate surface area is 115 Å². The third kappa shape index (κ3) is 3.44. The molecule has 4 heteroatoms. The van der Waals surface area contributed by atoms with Gasteiger partial charge < -0.3 is 4.74 Å². The summed E-state index contributed by atoms with van der Waals surface area (Å²) in [6, 6.07) is 12.6. The molecule has 0 heterocycles. The Morgan fingerprint density at radius 1 is 1.11 bits per heavy atom. The summed E-state index contributed by atoms with van der Waals surface area (Å²) >= 11 is 5.82. The normalized spacial score (nSPS) is 11.4. The van der Waals surface area contributed by atoms with Crippen molar-refractivity contribution in [1.29, 1.82) is 0 Å². The highest BCUT2D eigenvalue weighted by Crippen LogP contribution is 2.30. The van der Waals surface area contributed by atoms with Crippen LogP contribution in [0, 0.1) is 6.92 Å². The Hall–Kier alpha value is -1.61. The Morgan fingerprint density at radius 3 is 2.47 bits per heavy atom. The van der Waals surface area contributed by atoms with Crippen LogP contribution in [0.25, 0.3) is 0 Å². The maximum absolute atomic E-state index is 13.9. The summed E-state index contributed by atoms with van der Waals surface area (Å²) in [6.07, 6.45) is 0. The van der Waals surface area contributed by atoms with Gasteiger partial charge >= 0.3 is 5.92 Å². The summed E-state index contributed by atoms with van der Waals surface area (Å²) in [5.41, 5.74) is 0.711. The zero-order valence-electron chi connectivity index (χ0n) is 10.4. The van der Waals surface area contributed by atoms with Crippen LogP contribution in [0.1, 0.15) is 11.1 Å². The highest BCUT2D eigenvalue weighted by Gasteiger charge is 2.32. The van der Waals surface area contributed by atoms with Crippen molar-refractivity contribution in [2.45, 2.75) is 12.8 Å². The fourth-order valence-corrected chi connectivity index (χ4v) is 1.83. The second-order valence-electron chi connectivity index (χ2n) is 4.27. The first kappa shape index (κ1) is 13.8. The Balaban J connectivity index is 2.12. The molecule has 0 saturated heterocycles. The molecule has 0 unspecified atom stereocenters. The van der Waals surface area contributed by atoms with Crippen molar-refractivity contribution in [2.24, 2.45) is 0 Å². The molecule has 0 spiro atoms. The predicted molar refractivity (Wildman–Crippen MR) is 72.0 cm³/mol. The zero-order valence-corrected chi connectivity index (χ0v) is 11.1. The molecule has 2 aromatic carbocycles. The van der Waals surface area contributed by atoms with Crippen LogP contribution in [-0.2, 0) is 5.92 Å². The maximum atomic E-state index is 13.9. The van der Waals surface area contributed by atoms with Crippen LogP contribution in [0.3, 0.4) is 0 Å². The van der Waals surface area contributed by atoms with Gasteiger partial charge in [0.2, 0.25) is 0 Å². The van der Waals surface area contributed by atoms with Gasteiger partial charge in [0.05, 0.1) is 0 Å². The summed E-state index contributed by atoms with van der Waals surface area (Å²) in [7, 11) is 0. The van der Waals surface area contributed by atoms with Gasteiger partial charge in [-0.15, -0.1) is 0 Å². The average molecular weight is 283 g/mol. The molecule has 100 valence electrons. The highest BCUT2D eigenvalue weighted by atomic mass is 35.5. The monoisotopic (exact) mass is 282 g/mol. The van der Waals surface area contributed by atoms with E-state index in [0.717, 1.165) is 5.56 Å². The highest BCUT2D eigenvalue weighted by molar-refractivity contribution is 6.30. The van der Waals surface area contributed by atoms with Crippen LogP contribution in [0.2, 0.25) is 5.02 Å². The van der Waals surface area contributed by atoms with Crippen molar-refractivity contribution in [1.82, 2.24) is 0 Å². The Morgan fingerprint density at radius 2 is 1.79 bits per heavy atom. The maximum Gasteiger partial charge on any atom is 0.306 e. The lowest BCUT2D eigenvalue weighted by Crippen LogP contribution is -2.23. The van der Waals surface area contributed by atoms with Gasteiger partial charge in [0.25, 0.3) is 0 Å². The van der Waals surface area contributed by atoms with Crippen molar-refractivity contribution >= 4 is 11.6 Å². The molecule has 0 aliphatic rings. The third-order valence-electron chi connectivity index (χ3n) is 2.76. The summed E-state index contributed by atoms with van der Waals surface area (Å²) in [5.74, 6) is -2.65. The fraction of sp³-hybridized carbons (Fsp3) is 0.200. The molecule has 1 nitrogen and oxygen atoms in total. The van der Waals surface area contributed by atoms with E-state index in [1.54, 1.807) is 37.3 Å². The number of benzene rings is 2. The minimum atomic E-state index is -3.03. The molecule has 0 atom stereocenters. The van der Waals surface area contributed by atoms with Gasteiger partial charge in [-0.1, -0.05) is 48.0 Å². The van der Waals surface area contributed by atoms with Crippen molar-refractivity contribution in [3.63, 3.8) is 0 Å². The SMILES string of the molecule is Cc1ccc(Cl)cc1OCC(F)(F)c1ccccc1. The van der Waals surface area contributed by atoms with E-state index in [4.69, 9.17) is 16.3 Å². The first-order chi connectivity index (χ1) is 8.99. The standard InChI is InChI=1S/C15H13ClF2O/c1-11-7-8-13(16)9-14(11)19-10-15(17,18)12-5-3-2-4-6-12/h2-9H,10H2,1H3. The van der Waals surface area contributed by atoms with E-state index in [0.29, 0.717) is 10.8 Å². The van der Waals surface area contributed by atoms with Gasteiger partial charge in [0.15, 0.2) is 6.61 Å². The van der Waals surface area contributed by atoms with E-state index >= 15 is 0 Å². The number of halogens is 3. The number of rotatable bonds is 4. The van der Waals surface area contributed by atoms with Crippen LogP contribution in [-0.4, -0.2) is 6.61 Å². The first-order valence-electron chi connectivity index (χ1n) is 5.81. The molecule has 2 rings (SSSR count). The number of aryl methyl sites for hydroxylation is 1. The largest absolute Gasteiger partial charge is 0.487 e. The molecule has 0 radical (unpaired) electrons. The third-order valence-corrected chi connectivity index (χ3v) is 2.99. The molecule has 0 aliphatic carbocycles. The van der Waals surface area contributed by atoms with Crippen molar-refractivity contribution in [3.05, 3.63) is 64.7 Å². The van der Waals surface area contributed by atoms with Gasteiger partial charge in [-0.3, -0.25) is 0 Å². The minimum Gasteiger partial charge on any atom is -0.487 e. The molecule has 0 aliphatic heterocycles. The van der Waals surface area contributed by atoms with Crippen LogP contribution < -0.4 is 4.74 Å². The van der Waals surface area contributed by atoms with Gasteiger partial charge in [-0.05, 0) is 24.6 Å². The second-order valence-corrected chi connectivity index (χ2v) is 4.71. The van der Waals surface area contributed by atoms with Crippen LogP contribution in [0.5, 0.6) is 5.75 Å². The van der Waals surface area contributed by atoms with E-state index in [1.807, 2.05) is 0 Å². The van der Waals surface area contributed by atoms with Gasteiger partial charge in [-0.2, -0.15) is 8.78 Å². The summed E-state index contributed by atoms with van der Waals surface area (Å²) in [5, 5.41) is 0.462. The first-order valence-corrected chi connectivity index (χ1v) is 6.19. The van der Waals surface area contributed by atoms with E-state index in [2.05, 4.69) is 0 Å². The topological polar surface area (TPSA) is 9.23 Å². The smallest absolute Gasteiger partial charge is 0.306 e. The lowest BCUT2D eigenvalue weighted by atomic mass is 10.1.